The van der Waals surface area contributed by atoms with Crippen LogP contribution in [0.5, 0.6) is 0 Å². The third-order valence-corrected chi connectivity index (χ3v) is 6.48. The normalized spacial score (nSPS) is 18.6. The summed E-state index contributed by atoms with van der Waals surface area (Å²) in [6.45, 7) is 2.63. The average Bonchev–Trinajstić information content (AvgIpc) is 2.39. The summed E-state index contributed by atoms with van der Waals surface area (Å²) in [6.07, 6.45) is 0. The Hall–Kier alpha value is -1.32. The predicted molar refractivity (Wildman–Crippen MR) is 82.6 cm³/mol. The lowest BCUT2D eigenvalue weighted by molar-refractivity contribution is 0.582. The standard InChI is InChI=1S/C12H19N3O4S2/c1-2-14-21(18,19)10-3-4-11(13)12(9-10)15-5-7-20(16,17)8-6-15/h3-4,9,14H,2,5-8,13H2,1H3. The average molecular weight is 333 g/mol. The van der Waals surface area contributed by atoms with Gasteiger partial charge in [-0.2, -0.15) is 0 Å². The van der Waals surface area contributed by atoms with E-state index in [1.54, 1.807) is 11.8 Å². The lowest BCUT2D eigenvalue weighted by Gasteiger charge is -2.30. The summed E-state index contributed by atoms with van der Waals surface area (Å²) in [5.41, 5.74) is 6.89. The Labute approximate surface area is 125 Å². The molecule has 3 N–H and O–H groups in total. The molecular weight excluding hydrogens is 314 g/mol. The quantitative estimate of drug-likeness (QED) is 0.739. The van der Waals surface area contributed by atoms with Crippen LogP contribution >= 0.6 is 0 Å². The van der Waals surface area contributed by atoms with Crippen molar-refractivity contribution in [3.63, 3.8) is 0 Å². The minimum absolute atomic E-state index is 0.0522. The summed E-state index contributed by atoms with van der Waals surface area (Å²) in [6, 6.07) is 4.46. The van der Waals surface area contributed by atoms with Crippen LogP contribution in [0.1, 0.15) is 6.92 Å². The van der Waals surface area contributed by atoms with E-state index in [4.69, 9.17) is 5.73 Å². The number of nitrogens with two attached hydrogens (primary N) is 1. The van der Waals surface area contributed by atoms with Crippen molar-refractivity contribution < 1.29 is 16.8 Å². The second-order valence-corrected chi connectivity index (χ2v) is 8.93. The first-order valence-electron chi connectivity index (χ1n) is 6.60. The maximum atomic E-state index is 12.0. The zero-order valence-electron chi connectivity index (χ0n) is 11.7. The van der Waals surface area contributed by atoms with Crippen LogP contribution in [0.2, 0.25) is 0 Å². The van der Waals surface area contributed by atoms with Gasteiger partial charge >= 0.3 is 0 Å². The predicted octanol–water partition coefficient (Wildman–Crippen LogP) is -0.198. The van der Waals surface area contributed by atoms with Crippen molar-refractivity contribution in [1.29, 1.82) is 0 Å². The molecule has 1 saturated heterocycles. The molecule has 0 atom stereocenters. The van der Waals surface area contributed by atoms with E-state index >= 15 is 0 Å². The van der Waals surface area contributed by atoms with Gasteiger partial charge in [0, 0.05) is 19.6 Å². The van der Waals surface area contributed by atoms with E-state index in [9.17, 15) is 16.8 Å². The first-order valence-corrected chi connectivity index (χ1v) is 9.90. The number of nitrogen functional groups attached to an aromatic ring is 1. The van der Waals surface area contributed by atoms with Gasteiger partial charge in [0.15, 0.2) is 9.84 Å². The smallest absolute Gasteiger partial charge is 0.240 e. The van der Waals surface area contributed by atoms with Crippen LogP contribution in [-0.2, 0) is 19.9 Å². The molecular formula is C12H19N3O4S2. The van der Waals surface area contributed by atoms with E-state index in [1.165, 1.54) is 18.2 Å². The second-order valence-electron chi connectivity index (χ2n) is 4.86. The Morgan fingerprint density at radius 3 is 2.48 bits per heavy atom. The van der Waals surface area contributed by atoms with Gasteiger partial charge in [-0.1, -0.05) is 6.92 Å². The highest BCUT2D eigenvalue weighted by molar-refractivity contribution is 7.91. The molecule has 21 heavy (non-hydrogen) atoms. The zero-order chi connectivity index (χ0) is 15.7. The molecule has 0 saturated carbocycles. The number of benzene rings is 1. The number of nitrogens with zero attached hydrogens (tertiary/aromatic N) is 1. The fourth-order valence-corrected chi connectivity index (χ4v) is 4.45. The first-order chi connectivity index (χ1) is 9.75. The molecule has 1 aromatic rings. The molecule has 0 spiro atoms. The van der Waals surface area contributed by atoms with Crippen LogP contribution in [-0.4, -0.2) is 48.0 Å². The summed E-state index contributed by atoms with van der Waals surface area (Å²) in [5.74, 6) is 0.104. The van der Waals surface area contributed by atoms with Crippen LogP contribution in [0.3, 0.4) is 0 Å². The molecule has 7 nitrogen and oxygen atoms in total. The Bertz CT molecular complexity index is 715. The minimum atomic E-state index is -3.56. The van der Waals surface area contributed by atoms with E-state index in [-0.39, 0.29) is 16.4 Å². The number of hydrogen-bond acceptors (Lipinski definition) is 6. The summed E-state index contributed by atoms with van der Waals surface area (Å²) >= 11 is 0. The molecule has 0 aliphatic carbocycles. The Morgan fingerprint density at radius 1 is 1.29 bits per heavy atom. The molecule has 9 heteroatoms. The summed E-state index contributed by atoms with van der Waals surface area (Å²) in [7, 11) is -6.56. The minimum Gasteiger partial charge on any atom is -0.397 e. The van der Waals surface area contributed by atoms with Crippen LogP contribution in [0.25, 0.3) is 0 Å². The van der Waals surface area contributed by atoms with Crippen molar-refractivity contribution in [3.8, 4) is 0 Å². The van der Waals surface area contributed by atoms with E-state index in [0.29, 0.717) is 31.0 Å². The summed E-state index contributed by atoms with van der Waals surface area (Å²) < 4.78 is 49.4. The molecule has 0 aromatic heterocycles. The third-order valence-electron chi connectivity index (χ3n) is 3.33. The van der Waals surface area contributed by atoms with Crippen molar-refractivity contribution in [2.75, 3.05) is 41.8 Å². The fraction of sp³-hybridized carbons (Fsp3) is 0.500. The maximum absolute atomic E-state index is 12.0. The zero-order valence-corrected chi connectivity index (χ0v) is 13.4. The van der Waals surface area contributed by atoms with Crippen molar-refractivity contribution in [2.45, 2.75) is 11.8 Å². The monoisotopic (exact) mass is 333 g/mol. The van der Waals surface area contributed by atoms with Gasteiger partial charge in [0.1, 0.15) is 0 Å². The van der Waals surface area contributed by atoms with Gasteiger partial charge in [-0.05, 0) is 18.2 Å². The molecule has 118 valence electrons. The van der Waals surface area contributed by atoms with Gasteiger partial charge in [-0.25, -0.2) is 21.6 Å². The second kappa shape index (κ2) is 5.82. The maximum Gasteiger partial charge on any atom is 0.240 e. The lowest BCUT2D eigenvalue weighted by atomic mass is 10.2. The largest absolute Gasteiger partial charge is 0.397 e. The molecule has 0 radical (unpaired) electrons. The molecule has 1 aliphatic heterocycles. The molecule has 1 fully saturated rings. The molecule has 2 rings (SSSR count). The van der Waals surface area contributed by atoms with E-state index in [2.05, 4.69) is 4.72 Å². The summed E-state index contributed by atoms with van der Waals surface area (Å²) in [4.78, 5) is 1.93. The molecule has 0 amide bonds. The Balaban J connectivity index is 2.33. The highest BCUT2D eigenvalue weighted by Crippen LogP contribution is 2.27. The van der Waals surface area contributed by atoms with E-state index < -0.39 is 19.9 Å². The topological polar surface area (TPSA) is 110 Å². The van der Waals surface area contributed by atoms with Crippen LogP contribution < -0.4 is 15.4 Å². The lowest BCUT2D eigenvalue weighted by Crippen LogP contribution is -2.40. The molecule has 1 aliphatic rings. The first kappa shape index (κ1) is 16.1. The van der Waals surface area contributed by atoms with Gasteiger partial charge < -0.3 is 10.6 Å². The van der Waals surface area contributed by atoms with Gasteiger partial charge in [0.05, 0.1) is 27.8 Å². The SMILES string of the molecule is CCNS(=O)(=O)c1ccc(N)c(N2CCS(=O)(=O)CC2)c1. The molecule has 0 unspecified atom stereocenters. The van der Waals surface area contributed by atoms with Crippen molar-refractivity contribution in [3.05, 3.63) is 18.2 Å². The van der Waals surface area contributed by atoms with E-state index in [0.717, 1.165) is 0 Å². The van der Waals surface area contributed by atoms with Crippen LogP contribution in [0.15, 0.2) is 23.1 Å². The molecule has 1 aromatic carbocycles. The van der Waals surface area contributed by atoms with Gasteiger partial charge in [0.25, 0.3) is 0 Å². The van der Waals surface area contributed by atoms with Gasteiger partial charge in [-0.3, -0.25) is 0 Å². The van der Waals surface area contributed by atoms with Crippen LogP contribution in [0.4, 0.5) is 11.4 Å². The Morgan fingerprint density at radius 2 is 1.90 bits per heavy atom. The van der Waals surface area contributed by atoms with Gasteiger partial charge in [-0.15, -0.1) is 0 Å². The molecule has 1 heterocycles. The molecule has 0 bridgehead atoms. The highest BCUT2D eigenvalue weighted by atomic mass is 32.2. The highest BCUT2D eigenvalue weighted by Gasteiger charge is 2.24. The van der Waals surface area contributed by atoms with Crippen LogP contribution in [0, 0.1) is 0 Å². The van der Waals surface area contributed by atoms with Crippen molar-refractivity contribution >= 4 is 31.2 Å². The number of anilines is 2. The number of hydrogen-bond donors (Lipinski definition) is 2. The Kier molecular flexibility index (Phi) is 4.45. The number of sulfonamides is 1. The third kappa shape index (κ3) is 3.66. The number of nitrogens with one attached hydrogen (secondary N) is 1. The fourth-order valence-electron chi connectivity index (χ4n) is 2.19. The summed E-state index contributed by atoms with van der Waals surface area (Å²) in [5, 5.41) is 0. The van der Waals surface area contributed by atoms with Crippen molar-refractivity contribution in [2.24, 2.45) is 0 Å². The van der Waals surface area contributed by atoms with Gasteiger partial charge in [0.2, 0.25) is 10.0 Å². The van der Waals surface area contributed by atoms with E-state index in [1.807, 2.05) is 0 Å². The number of sulfone groups is 1. The van der Waals surface area contributed by atoms with Crippen molar-refractivity contribution in [1.82, 2.24) is 4.72 Å². The number of rotatable bonds is 4.